The molecule has 1 aromatic rings. The molecule has 1 atom stereocenters. The number of nitrogens with zero attached hydrogens (tertiary/aromatic N) is 3. The molecule has 0 bridgehead atoms. The molecule has 0 saturated carbocycles. The lowest BCUT2D eigenvalue weighted by Crippen LogP contribution is -2.40. The zero-order valence-corrected chi connectivity index (χ0v) is 17.0. The molecule has 1 unspecified atom stereocenters. The molecule has 0 radical (unpaired) electrons. The third-order valence-electron chi connectivity index (χ3n) is 5.84. The van der Waals surface area contributed by atoms with Crippen LogP contribution in [0.15, 0.2) is 0 Å². The van der Waals surface area contributed by atoms with Crippen molar-refractivity contribution in [3.05, 3.63) is 17.0 Å². The summed E-state index contributed by atoms with van der Waals surface area (Å²) in [6.07, 6.45) is 1.60. The first-order chi connectivity index (χ1) is 12.1. The van der Waals surface area contributed by atoms with Crippen LogP contribution in [0.5, 0.6) is 0 Å². The van der Waals surface area contributed by atoms with E-state index in [-0.39, 0.29) is 11.8 Å². The van der Waals surface area contributed by atoms with Crippen LogP contribution in [0.2, 0.25) is 0 Å². The predicted octanol–water partition coefficient (Wildman–Crippen LogP) is 3.05. The zero-order valence-electron chi connectivity index (χ0n) is 17.0. The number of hydrogen-bond acceptors (Lipinski definition) is 3. The highest BCUT2D eigenvalue weighted by atomic mass is 16.4. The van der Waals surface area contributed by atoms with Gasteiger partial charge in [-0.05, 0) is 44.1 Å². The van der Waals surface area contributed by atoms with E-state index in [0.717, 1.165) is 23.5 Å². The number of aliphatic carboxylic acids is 1. The maximum Gasteiger partial charge on any atom is 0.311 e. The summed E-state index contributed by atoms with van der Waals surface area (Å²) in [6, 6.07) is 0. The molecular weight excluding hydrogens is 330 g/mol. The van der Waals surface area contributed by atoms with Crippen molar-refractivity contribution in [2.24, 2.45) is 17.3 Å². The van der Waals surface area contributed by atoms with Crippen LogP contribution in [0.1, 0.15) is 57.5 Å². The van der Waals surface area contributed by atoms with E-state index in [0.29, 0.717) is 38.3 Å². The Kier molecular flexibility index (Phi) is 6.14. The highest BCUT2D eigenvalue weighted by molar-refractivity contribution is 5.81. The van der Waals surface area contributed by atoms with Gasteiger partial charge in [0.2, 0.25) is 5.91 Å². The van der Waals surface area contributed by atoms with Crippen molar-refractivity contribution in [1.29, 1.82) is 0 Å². The van der Waals surface area contributed by atoms with E-state index < -0.39 is 11.4 Å². The van der Waals surface area contributed by atoms with Crippen molar-refractivity contribution >= 4 is 11.9 Å². The van der Waals surface area contributed by atoms with E-state index >= 15 is 0 Å². The normalized spacial score (nSPS) is 20.4. The van der Waals surface area contributed by atoms with Gasteiger partial charge >= 0.3 is 5.97 Å². The molecule has 1 amide bonds. The van der Waals surface area contributed by atoms with Crippen LogP contribution in [-0.4, -0.2) is 44.8 Å². The number of carbonyl (C=O) groups excluding carboxylic acids is 1. The number of carbonyl (C=O) groups is 2. The van der Waals surface area contributed by atoms with E-state index in [1.54, 1.807) is 4.90 Å². The second-order valence-corrected chi connectivity index (χ2v) is 8.41. The average Bonchev–Trinajstić information content (AvgIpc) is 3.09. The van der Waals surface area contributed by atoms with E-state index in [1.807, 2.05) is 25.5 Å². The fourth-order valence-corrected chi connectivity index (χ4v) is 3.95. The van der Waals surface area contributed by atoms with E-state index in [4.69, 9.17) is 0 Å². The van der Waals surface area contributed by atoms with Gasteiger partial charge in [0.05, 0.1) is 11.1 Å². The molecule has 6 heteroatoms. The Balaban J connectivity index is 2.02. The Morgan fingerprint density at radius 3 is 2.38 bits per heavy atom. The van der Waals surface area contributed by atoms with E-state index in [2.05, 4.69) is 25.9 Å². The number of carboxylic acid groups (broad SMARTS) is 1. The molecule has 26 heavy (non-hydrogen) atoms. The number of rotatable bonds is 7. The number of likely N-dealkylation sites (tertiary alicyclic amines) is 1. The van der Waals surface area contributed by atoms with Crippen molar-refractivity contribution in [2.75, 3.05) is 13.1 Å². The van der Waals surface area contributed by atoms with Crippen molar-refractivity contribution in [3.63, 3.8) is 0 Å². The summed E-state index contributed by atoms with van der Waals surface area (Å²) in [6.45, 7) is 14.0. The first-order valence-electron chi connectivity index (χ1n) is 9.62. The topological polar surface area (TPSA) is 75.4 Å². The standard InChI is InChI=1S/C20H33N3O3/c1-13(2)11-23-16(6)17(15(5)21-23)7-8-18(24)22-10-9-20(12-22,14(3)4)19(25)26/h13-14H,7-12H2,1-6H3,(H,25,26). The smallest absolute Gasteiger partial charge is 0.311 e. The second kappa shape index (κ2) is 7.80. The minimum atomic E-state index is -0.802. The Labute approximate surface area is 156 Å². The Hall–Kier alpha value is -1.85. The SMILES string of the molecule is Cc1nn(CC(C)C)c(C)c1CCC(=O)N1CCC(C(=O)O)(C(C)C)C1. The van der Waals surface area contributed by atoms with Gasteiger partial charge in [0.1, 0.15) is 0 Å². The molecule has 0 aliphatic carbocycles. The maximum absolute atomic E-state index is 12.7. The molecule has 6 nitrogen and oxygen atoms in total. The molecule has 1 aromatic heterocycles. The largest absolute Gasteiger partial charge is 0.481 e. The number of aryl methyl sites for hydroxylation is 1. The van der Waals surface area contributed by atoms with E-state index in [1.165, 1.54) is 0 Å². The van der Waals surface area contributed by atoms with E-state index in [9.17, 15) is 14.7 Å². The van der Waals surface area contributed by atoms with Crippen molar-refractivity contribution in [2.45, 2.75) is 67.3 Å². The van der Waals surface area contributed by atoms with Crippen LogP contribution in [0.3, 0.4) is 0 Å². The molecule has 146 valence electrons. The van der Waals surface area contributed by atoms with Crippen LogP contribution in [0.4, 0.5) is 0 Å². The fourth-order valence-electron chi connectivity index (χ4n) is 3.95. The predicted molar refractivity (Wildman–Crippen MR) is 101 cm³/mol. The third kappa shape index (κ3) is 3.94. The van der Waals surface area contributed by atoms with Crippen LogP contribution < -0.4 is 0 Å². The second-order valence-electron chi connectivity index (χ2n) is 8.41. The highest BCUT2D eigenvalue weighted by Crippen LogP contribution is 2.38. The Morgan fingerprint density at radius 1 is 1.23 bits per heavy atom. The van der Waals surface area contributed by atoms with Crippen LogP contribution in [0.25, 0.3) is 0 Å². The molecule has 1 fully saturated rings. The average molecular weight is 364 g/mol. The first kappa shape index (κ1) is 20.5. The highest BCUT2D eigenvalue weighted by Gasteiger charge is 2.48. The molecule has 2 rings (SSSR count). The van der Waals surface area contributed by atoms with Gasteiger partial charge in [0.25, 0.3) is 0 Å². The van der Waals surface area contributed by atoms with Crippen LogP contribution in [-0.2, 0) is 22.6 Å². The van der Waals surface area contributed by atoms with Crippen molar-refractivity contribution in [1.82, 2.24) is 14.7 Å². The van der Waals surface area contributed by atoms with Gasteiger partial charge < -0.3 is 10.0 Å². The number of hydrogen-bond donors (Lipinski definition) is 1. The first-order valence-corrected chi connectivity index (χ1v) is 9.62. The minimum Gasteiger partial charge on any atom is -0.481 e. The summed E-state index contributed by atoms with van der Waals surface area (Å²) >= 11 is 0. The summed E-state index contributed by atoms with van der Waals surface area (Å²) in [4.78, 5) is 26.1. The van der Waals surface area contributed by atoms with Crippen LogP contribution in [0, 0.1) is 31.1 Å². The van der Waals surface area contributed by atoms with Gasteiger partial charge in [-0.15, -0.1) is 0 Å². The summed E-state index contributed by atoms with van der Waals surface area (Å²) in [5.41, 5.74) is 2.46. The summed E-state index contributed by atoms with van der Waals surface area (Å²) in [5.74, 6) is -0.211. The lowest BCUT2D eigenvalue weighted by atomic mass is 9.76. The maximum atomic E-state index is 12.7. The number of carboxylic acids is 1. The van der Waals surface area contributed by atoms with Gasteiger partial charge in [-0.25, -0.2) is 0 Å². The summed E-state index contributed by atoms with van der Waals surface area (Å²) < 4.78 is 2.03. The summed E-state index contributed by atoms with van der Waals surface area (Å²) in [7, 11) is 0. The zero-order chi connectivity index (χ0) is 19.6. The molecule has 1 aliphatic rings. The van der Waals surface area contributed by atoms with Crippen molar-refractivity contribution in [3.8, 4) is 0 Å². The van der Waals surface area contributed by atoms with Crippen molar-refractivity contribution < 1.29 is 14.7 Å². The van der Waals surface area contributed by atoms with Gasteiger partial charge in [-0.3, -0.25) is 14.3 Å². The molecule has 1 aliphatic heterocycles. The van der Waals surface area contributed by atoms with Gasteiger partial charge in [0.15, 0.2) is 0 Å². The van der Waals surface area contributed by atoms with Gasteiger partial charge in [0, 0.05) is 31.7 Å². The Bertz CT molecular complexity index is 678. The minimum absolute atomic E-state index is 0.0107. The summed E-state index contributed by atoms with van der Waals surface area (Å²) in [5, 5.41) is 14.2. The number of aromatic nitrogens is 2. The number of amides is 1. The molecule has 2 heterocycles. The molecule has 1 N–H and O–H groups in total. The molecule has 1 saturated heterocycles. The lowest BCUT2D eigenvalue weighted by Gasteiger charge is -2.28. The monoisotopic (exact) mass is 363 g/mol. The quantitative estimate of drug-likeness (QED) is 0.808. The van der Waals surface area contributed by atoms with Gasteiger partial charge in [-0.2, -0.15) is 5.10 Å². The van der Waals surface area contributed by atoms with Crippen LogP contribution >= 0.6 is 0 Å². The molecule has 0 aromatic carbocycles. The lowest BCUT2D eigenvalue weighted by molar-refractivity contribution is -0.151. The Morgan fingerprint density at radius 2 is 1.88 bits per heavy atom. The van der Waals surface area contributed by atoms with Gasteiger partial charge in [-0.1, -0.05) is 27.7 Å². The third-order valence-corrected chi connectivity index (χ3v) is 5.84. The molecule has 0 spiro atoms. The fraction of sp³-hybridized carbons (Fsp3) is 0.750. The molecular formula is C20H33N3O3.